The second kappa shape index (κ2) is 10.7. The first-order valence-electron chi connectivity index (χ1n) is 11.5. The molecule has 2 atom stereocenters. The minimum atomic E-state index is -3.55. The van der Waals surface area contributed by atoms with E-state index in [4.69, 9.17) is 0 Å². The van der Waals surface area contributed by atoms with Crippen molar-refractivity contribution in [2.75, 3.05) is 32.7 Å². The minimum Gasteiger partial charge on any atom is -0.356 e. The van der Waals surface area contributed by atoms with Crippen LogP contribution in [-0.2, 0) is 14.8 Å². The fourth-order valence-corrected chi connectivity index (χ4v) is 6.21. The van der Waals surface area contributed by atoms with Crippen molar-refractivity contribution in [2.24, 2.45) is 5.92 Å². The fourth-order valence-electron chi connectivity index (χ4n) is 4.69. The zero-order valence-corrected chi connectivity index (χ0v) is 19.3. The van der Waals surface area contributed by atoms with Crippen LogP contribution in [0.1, 0.15) is 57.4 Å². The summed E-state index contributed by atoms with van der Waals surface area (Å²) in [5.41, 5.74) is 1.03. The van der Waals surface area contributed by atoms with Gasteiger partial charge in [0.2, 0.25) is 15.9 Å². The lowest BCUT2D eigenvalue weighted by Gasteiger charge is -2.35. The highest BCUT2D eigenvalue weighted by atomic mass is 32.2. The number of benzene rings is 1. The van der Waals surface area contributed by atoms with Gasteiger partial charge in [-0.3, -0.25) is 4.79 Å². The monoisotopic (exact) mass is 435 g/mol. The predicted octanol–water partition coefficient (Wildman–Crippen LogP) is 3.17. The quantitative estimate of drug-likeness (QED) is 0.637. The molecule has 2 saturated heterocycles. The number of nitrogens with zero attached hydrogens (tertiary/aromatic N) is 2. The number of likely N-dealkylation sites (tertiary alicyclic amines) is 1. The second-order valence-electron chi connectivity index (χ2n) is 8.75. The Kier molecular flexibility index (Phi) is 8.31. The smallest absolute Gasteiger partial charge is 0.243 e. The molecular formula is C23H37N3O3S. The number of carbonyl (C=O) groups excluding carboxylic acids is 1. The molecule has 2 fully saturated rings. The topological polar surface area (TPSA) is 69.7 Å². The van der Waals surface area contributed by atoms with Crippen molar-refractivity contribution < 1.29 is 13.2 Å². The van der Waals surface area contributed by atoms with Crippen LogP contribution in [0.5, 0.6) is 0 Å². The normalized spacial score (nSPS) is 23.9. The van der Waals surface area contributed by atoms with Crippen LogP contribution in [0.15, 0.2) is 29.2 Å². The van der Waals surface area contributed by atoms with Gasteiger partial charge in [-0.2, -0.15) is 4.31 Å². The van der Waals surface area contributed by atoms with Gasteiger partial charge in [0, 0.05) is 32.2 Å². The van der Waals surface area contributed by atoms with E-state index in [-0.39, 0.29) is 18.4 Å². The van der Waals surface area contributed by atoms with E-state index >= 15 is 0 Å². The molecule has 0 spiro atoms. The van der Waals surface area contributed by atoms with Crippen molar-refractivity contribution in [2.45, 2.75) is 69.7 Å². The lowest BCUT2D eigenvalue weighted by molar-refractivity contribution is -0.126. The Labute approximate surface area is 182 Å². The summed E-state index contributed by atoms with van der Waals surface area (Å²) in [6.07, 6.45) is 7.49. The van der Waals surface area contributed by atoms with E-state index in [2.05, 4.69) is 17.1 Å². The molecule has 0 saturated carbocycles. The van der Waals surface area contributed by atoms with Crippen LogP contribution in [0.2, 0.25) is 0 Å². The molecule has 2 aliphatic rings. The fraction of sp³-hybridized carbons (Fsp3) is 0.696. The summed E-state index contributed by atoms with van der Waals surface area (Å²) in [4.78, 5) is 15.5. The number of rotatable bonds is 8. The number of amides is 1. The Morgan fingerprint density at radius 1 is 1.10 bits per heavy atom. The summed E-state index contributed by atoms with van der Waals surface area (Å²) in [5, 5.41) is 3.06. The number of piperidine rings is 2. The third kappa shape index (κ3) is 5.83. The molecule has 168 valence electrons. The summed E-state index contributed by atoms with van der Waals surface area (Å²) in [6, 6.07) is 7.61. The third-order valence-electron chi connectivity index (χ3n) is 6.56. The van der Waals surface area contributed by atoms with Gasteiger partial charge in [-0.25, -0.2) is 8.42 Å². The van der Waals surface area contributed by atoms with Crippen molar-refractivity contribution in [1.29, 1.82) is 0 Å². The Hall–Kier alpha value is -1.44. The molecule has 0 aromatic heterocycles. The van der Waals surface area contributed by atoms with Crippen LogP contribution in [0.4, 0.5) is 0 Å². The molecule has 0 bridgehead atoms. The molecule has 7 heteroatoms. The molecule has 2 aliphatic heterocycles. The second-order valence-corrected chi connectivity index (χ2v) is 10.7. The SMILES string of the molecule is CC[C@H]1CCCCN1CCCNC(=O)[C@@H]1CCCN(S(=O)(=O)c2ccc(C)cc2)C1. The average Bonchev–Trinajstić information content (AvgIpc) is 2.77. The van der Waals surface area contributed by atoms with Crippen molar-refractivity contribution in [1.82, 2.24) is 14.5 Å². The van der Waals surface area contributed by atoms with Gasteiger partial charge in [-0.1, -0.05) is 31.0 Å². The van der Waals surface area contributed by atoms with E-state index in [1.54, 1.807) is 12.1 Å². The van der Waals surface area contributed by atoms with Gasteiger partial charge < -0.3 is 10.2 Å². The first-order chi connectivity index (χ1) is 14.4. The lowest BCUT2D eigenvalue weighted by Crippen LogP contribution is -2.46. The predicted molar refractivity (Wildman–Crippen MR) is 120 cm³/mol. The molecule has 1 aromatic rings. The standard InChI is InChI=1S/C23H37N3O3S/c1-3-21-9-4-5-15-25(21)16-7-14-24-23(27)20-8-6-17-26(18-20)30(28,29)22-12-10-19(2)11-13-22/h10-13,20-21H,3-9,14-18H2,1-2H3,(H,24,27)/t20-,21+/m1/s1. The van der Waals surface area contributed by atoms with Crippen LogP contribution < -0.4 is 5.32 Å². The Morgan fingerprint density at radius 2 is 1.87 bits per heavy atom. The number of carbonyl (C=O) groups is 1. The van der Waals surface area contributed by atoms with Crippen LogP contribution in [0, 0.1) is 12.8 Å². The van der Waals surface area contributed by atoms with Crippen molar-refractivity contribution in [3.8, 4) is 0 Å². The summed E-state index contributed by atoms with van der Waals surface area (Å²) < 4.78 is 27.4. The Morgan fingerprint density at radius 3 is 2.60 bits per heavy atom. The maximum atomic E-state index is 13.0. The van der Waals surface area contributed by atoms with E-state index in [0.717, 1.165) is 31.4 Å². The molecule has 1 aromatic carbocycles. The van der Waals surface area contributed by atoms with Crippen molar-refractivity contribution >= 4 is 15.9 Å². The van der Waals surface area contributed by atoms with Crippen molar-refractivity contribution in [3.63, 3.8) is 0 Å². The van der Waals surface area contributed by atoms with Gasteiger partial charge in [0.1, 0.15) is 0 Å². The molecule has 6 nitrogen and oxygen atoms in total. The summed E-state index contributed by atoms with van der Waals surface area (Å²) in [6.45, 7) is 7.79. The van der Waals surface area contributed by atoms with Crippen LogP contribution in [0.3, 0.4) is 0 Å². The molecule has 1 amide bonds. The van der Waals surface area contributed by atoms with Crippen LogP contribution >= 0.6 is 0 Å². The highest BCUT2D eigenvalue weighted by Gasteiger charge is 2.33. The zero-order chi connectivity index (χ0) is 21.6. The Bertz CT molecular complexity index is 794. The van der Waals surface area contributed by atoms with Gasteiger partial charge in [-0.05, 0) is 64.1 Å². The average molecular weight is 436 g/mol. The molecular weight excluding hydrogens is 398 g/mol. The molecule has 3 rings (SSSR count). The van der Waals surface area contributed by atoms with Gasteiger partial charge in [-0.15, -0.1) is 0 Å². The molecule has 2 heterocycles. The molecule has 1 N–H and O–H groups in total. The summed E-state index contributed by atoms with van der Waals surface area (Å²) in [7, 11) is -3.55. The van der Waals surface area contributed by atoms with Gasteiger partial charge in [0.25, 0.3) is 0 Å². The van der Waals surface area contributed by atoms with E-state index in [9.17, 15) is 13.2 Å². The zero-order valence-electron chi connectivity index (χ0n) is 18.5. The highest BCUT2D eigenvalue weighted by Crippen LogP contribution is 2.24. The Balaban J connectivity index is 1.47. The van der Waals surface area contributed by atoms with E-state index in [0.29, 0.717) is 24.0 Å². The number of hydrogen-bond donors (Lipinski definition) is 1. The number of sulfonamides is 1. The first-order valence-corrected chi connectivity index (χ1v) is 12.9. The van der Waals surface area contributed by atoms with Crippen LogP contribution in [0.25, 0.3) is 0 Å². The van der Waals surface area contributed by atoms with Gasteiger partial charge in [0.05, 0.1) is 10.8 Å². The molecule has 0 radical (unpaired) electrons. The minimum absolute atomic E-state index is 0.00973. The summed E-state index contributed by atoms with van der Waals surface area (Å²) in [5.74, 6) is -0.276. The van der Waals surface area contributed by atoms with Crippen LogP contribution in [-0.4, -0.2) is 62.3 Å². The highest BCUT2D eigenvalue weighted by molar-refractivity contribution is 7.89. The number of hydrogen-bond acceptors (Lipinski definition) is 4. The van der Waals surface area contributed by atoms with Crippen molar-refractivity contribution in [3.05, 3.63) is 29.8 Å². The summed E-state index contributed by atoms with van der Waals surface area (Å²) >= 11 is 0. The van der Waals surface area contributed by atoms with E-state index in [1.807, 2.05) is 19.1 Å². The van der Waals surface area contributed by atoms with E-state index in [1.165, 1.54) is 36.5 Å². The van der Waals surface area contributed by atoms with E-state index < -0.39 is 10.0 Å². The first kappa shape index (κ1) is 23.2. The molecule has 0 unspecified atom stereocenters. The number of aryl methyl sites for hydroxylation is 1. The maximum absolute atomic E-state index is 13.0. The number of nitrogens with one attached hydrogen (secondary N) is 1. The largest absolute Gasteiger partial charge is 0.356 e. The van der Waals surface area contributed by atoms with Gasteiger partial charge >= 0.3 is 0 Å². The van der Waals surface area contributed by atoms with Gasteiger partial charge in [0.15, 0.2) is 0 Å². The third-order valence-corrected chi connectivity index (χ3v) is 8.43. The lowest BCUT2D eigenvalue weighted by atomic mass is 9.98. The molecule has 0 aliphatic carbocycles. The molecule has 30 heavy (non-hydrogen) atoms. The maximum Gasteiger partial charge on any atom is 0.243 e.